The van der Waals surface area contributed by atoms with Gasteiger partial charge in [0.05, 0.1) is 17.8 Å². The molecule has 0 saturated heterocycles. The van der Waals surface area contributed by atoms with E-state index in [0.717, 1.165) is 42.1 Å². The zero-order valence-corrected chi connectivity index (χ0v) is 22.3. The van der Waals surface area contributed by atoms with Crippen LogP contribution < -0.4 is 5.32 Å². The molecule has 1 aliphatic rings. The molecule has 1 aliphatic carbocycles. The van der Waals surface area contributed by atoms with Crippen molar-refractivity contribution in [1.29, 1.82) is 0 Å². The van der Waals surface area contributed by atoms with E-state index >= 15 is 0 Å². The van der Waals surface area contributed by atoms with Crippen LogP contribution in [0.5, 0.6) is 0 Å². The van der Waals surface area contributed by atoms with Crippen molar-refractivity contribution in [1.82, 2.24) is 14.9 Å². The van der Waals surface area contributed by atoms with Gasteiger partial charge in [-0.2, -0.15) is 0 Å². The van der Waals surface area contributed by atoms with Gasteiger partial charge < -0.3 is 15.0 Å². The quantitative estimate of drug-likeness (QED) is 0.236. The van der Waals surface area contributed by atoms with Crippen molar-refractivity contribution in [2.24, 2.45) is 5.92 Å². The minimum absolute atomic E-state index is 0.146. The number of fused-ring (bicyclic) bond motifs is 1. The lowest BCUT2D eigenvalue weighted by atomic mass is 9.89. The van der Waals surface area contributed by atoms with E-state index < -0.39 is 5.97 Å². The largest absolute Gasteiger partial charge is 0.478 e. The van der Waals surface area contributed by atoms with E-state index in [1.165, 1.54) is 22.8 Å². The molecule has 6 nitrogen and oxygen atoms in total. The van der Waals surface area contributed by atoms with E-state index in [4.69, 9.17) is 4.98 Å². The van der Waals surface area contributed by atoms with Gasteiger partial charge in [-0.1, -0.05) is 91.7 Å². The number of thioether (sulfide) groups is 1. The SMILES string of the molecule is O=C(O)c1ccccc1CSc1nc(CCNC(=O)C2CCCCC2)cn1Cc1cccc2ccccc12. The van der Waals surface area contributed by atoms with E-state index in [9.17, 15) is 14.7 Å². The molecule has 0 bridgehead atoms. The van der Waals surface area contributed by atoms with Gasteiger partial charge in [0.2, 0.25) is 5.91 Å². The molecule has 5 rings (SSSR count). The Hall–Kier alpha value is -3.58. The molecule has 0 radical (unpaired) electrons. The molecule has 1 aromatic heterocycles. The molecule has 1 saturated carbocycles. The molecule has 196 valence electrons. The first-order valence-corrected chi connectivity index (χ1v) is 14.3. The fraction of sp³-hybridized carbons (Fsp3) is 0.323. The van der Waals surface area contributed by atoms with E-state index in [1.54, 1.807) is 23.9 Å². The summed E-state index contributed by atoms with van der Waals surface area (Å²) in [5.41, 5.74) is 3.21. The average Bonchev–Trinajstić information content (AvgIpc) is 3.33. The predicted octanol–water partition coefficient (Wildman–Crippen LogP) is 6.31. The lowest BCUT2D eigenvalue weighted by molar-refractivity contribution is -0.125. The smallest absolute Gasteiger partial charge is 0.335 e. The number of carbonyl (C=O) groups is 2. The van der Waals surface area contributed by atoms with Crippen LogP contribution >= 0.6 is 11.8 Å². The number of aromatic nitrogens is 2. The van der Waals surface area contributed by atoms with Gasteiger partial charge in [0.1, 0.15) is 0 Å². The number of carboxylic acids is 1. The fourth-order valence-electron chi connectivity index (χ4n) is 5.23. The number of amides is 1. The van der Waals surface area contributed by atoms with Gasteiger partial charge in [-0.05, 0) is 40.8 Å². The lowest BCUT2D eigenvalue weighted by Gasteiger charge is -2.20. The molecule has 0 atom stereocenters. The van der Waals surface area contributed by atoms with Crippen LogP contribution in [0.25, 0.3) is 10.8 Å². The minimum Gasteiger partial charge on any atom is -0.478 e. The van der Waals surface area contributed by atoms with E-state index in [1.807, 2.05) is 18.2 Å². The van der Waals surface area contributed by atoms with Crippen molar-refractivity contribution in [3.05, 3.63) is 95.3 Å². The number of nitrogens with one attached hydrogen (secondary N) is 1. The van der Waals surface area contributed by atoms with Crippen LogP contribution in [0.15, 0.2) is 78.1 Å². The summed E-state index contributed by atoms with van der Waals surface area (Å²) in [5.74, 6) is -0.102. The van der Waals surface area contributed by atoms with Crippen molar-refractivity contribution < 1.29 is 14.7 Å². The summed E-state index contributed by atoms with van der Waals surface area (Å²) in [5, 5.41) is 15.9. The molecule has 1 amide bonds. The van der Waals surface area contributed by atoms with Crippen LogP contribution in [0.3, 0.4) is 0 Å². The Bertz CT molecular complexity index is 1420. The molecular weight excluding hydrogens is 494 g/mol. The summed E-state index contributed by atoms with van der Waals surface area (Å²) < 4.78 is 2.15. The molecule has 2 N–H and O–H groups in total. The molecule has 0 aliphatic heterocycles. The average molecular weight is 528 g/mol. The standard InChI is InChI=1S/C31H33N3O3S/c35-29(23-10-2-1-3-11-23)32-18-17-26-20-34(19-24-14-8-13-22-9-4-6-15-27(22)24)31(33-26)38-21-25-12-5-7-16-28(25)30(36)37/h4-9,12-16,20,23H,1-3,10-11,17-19,21H2,(H,32,35)(H,36,37). The first-order chi connectivity index (χ1) is 18.6. The third-order valence-electron chi connectivity index (χ3n) is 7.27. The number of carboxylic acid groups (broad SMARTS) is 1. The van der Waals surface area contributed by atoms with Gasteiger partial charge >= 0.3 is 5.97 Å². The molecule has 1 heterocycles. The number of rotatable bonds is 10. The molecule has 0 spiro atoms. The van der Waals surface area contributed by atoms with Crippen molar-refractivity contribution in [2.75, 3.05) is 6.54 Å². The molecule has 1 fully saturated rings. The first kappa shape index (κ1) is 26.0. The Balaban J connectivity index is 1.34. The normalized spacial score (nSPS) is 14.0. The zero-order chi connectivity index (χ0) is 26.3. The van der Waals surface area contributed by atoms with Gasteiger partial charge in [-0.3, -0.25) is 4.79 Å². The summed E-state index contributed by atoms with van der Waals surface area (Å²) in [7, 11) is 0. The van der Waals surface area contributed by atoms with Gasteiger partial charge in [0, 0.05) is 30.8 Å². The van der Waals surface area contributed by atoms with Crippen LogP contribution in [-0.2, 0) is 23.5 Å². The van der Waals surface area contributed by atoms with Gasteiger partial charge in [0.25, 0.3) is 0 Å². The third-order valence-corrected chi connectivity index (χ3v) is 8.31. The molecule has 38 heavy (non-hydrogen) atoms. The maximum absolute atomic E-state index is 12.6. The fourth-order valence-corrected chi connectivity index (χ4v) is 6.24. The Morgan fingerprint density at radius 1 is 0.947 bits per heavy atom. The third kappa shape index (κ3) is 6.27. The number of carbonyl (C=O) groups excluding carboxylic acids is 1. The first-order valence-electron chi connectivity index (χ1n) is 13.3. The van der Waals surface area contributed by atoms with Crippen molar-refractivity contribution in [3.63, 3.8) is 0 Å². The predicted molar refractivity (Wildman–Crippen MR) is 152 cm³/mol. The van der Waals surface area contributed by atoms with Crippen LogP contribution in [0.2, 0.25) is 0 Å². The maximum Gasteiger partial charge on any atom is 0.335 e. The van der Waals surface area contributed by atoms with E-state index in [0.29, 0.717) is 30.8 Å². The maximum atomic E-state index is 12.6. The highest BCUT2D eigenvalue weighted by Gasteiger charge is 2.21. The van der Waals surface area contributed by atoms with Gasteiger partial charge in [-0.15, -0.1) is 0 Å². The summed E-state index contributed by atoms with van der Waals surface area (Å²) in [6.45, 7) is 1.22. The monoisotopic (exact) mass is 527 g/mol. The Kier molecular flexibility index (Phi) is 8.44. The van der Waals surface area contributed by atoms with Crippen LogP contribution in [0.1, 0.15) is 59.3 Å². The number of hydrogen-bond donors (Lipinski definition) is 2. The highest BCUT2D eigenvalue weighted by Crippen LogP contribution is 2.27. The van der Waals surface area contributed by atoms with Gasteiger partial charge in [0.15, 0.2) is 5.16 Å². The summed E-state index contributed by atoms with van der Waals surface area (Å²) in [4.78, 5) is 29.2. The van der Waals surface area contributed by atoms with Crippen LogP contribution in [0, 0.1) is 5.92 Å². The number of nitrogens with zero attached hydrogens (tertiary/aromatic N) is 2. The molecule has 0 unspecified atom stereocenters. The second-order valence-electron chi connectivity index (χ2n) is 9.91. The number of hydrogen-bond acceptors (Lipinski definition) is 4. The van der Waals surface area contributed by atoms with Gasteiger partial charge in [-0.25, -0.2) is 9.78 Å². The summed E-state index contributed by atoms with van der Waals surface area (Å²) >= 11 is 1.54. The summed E-state index contributed by atoms with van der Waals surface area (Å²) in [6, 6.07) is 21.8. The molecule has 7 heteroatoms. The highest BCUT2D eigenvalue weighted by molar-refractivity contribution is 7.98. The number of aromatic carboxylic acids is 1. The molecular formula is C31H33N3O3S. The minimum atomic E-state index is -0.922. The summed E-state index contributed by atoms with van der Waals surface area (Å²) in [6.07, 6.45) is 8.22. The van der Waals surface area contributed by atoms with Crippen LogP contribution in [0.4, 0.5) is 0 Å². The highest BCUT2D eigenvalue weighted by atomic mass is 32.2. The Morgan fingerprint density at radius 3 is 2.53 bits per heavy atom. The van der Waals surface area contributed by atoms with E-state index in [-0.39, 0.29) is 11.8 Å². The van der Waals surface area contributed by atoms with Crippen molar-refractivity contribution >= 4 is 34.4 Å². The molecule has 3 aromatic carbocycles. The Labute approximate surface area is 227 Å². The zero-order valence-electron chi connectivity index (χ0n) is 21.4. The number of imidazole rings is 1. The topological polar surface area (TPSA) is 84.2 Å². The van der Waals surface area contributed by atoms with Crippen molar-refractivity contribution in [3.8, 4) is 0 Å². The van der Waals surface area contributed by atoms with Crippen molar-refractivity contribution in [2.45, 2.75) is 56.0 Å². The Morgan fingerprint density at radius 2 is 1.68 bits per heavy atom. The van der Waals surface area contributed by atoms with Crippen LogP contribution in [-0.4, -0.2) is 33.1 Å². The molecule has 4 aromatic rings. The second kappa shape index (κ2) is 12.3. The number of benzene rings is 3. The lowest BCUT2D eigenvalue weighted by Crippen LogP contribution is -2.33. The van der Waals surface area contributed by atoms with E-state index in [2.05, 4.69) is 52.5 Å². The second-order valence-corrected chi connectivity index (χ2v) is 10.9.